The molecule has 0 spiro atoms. The van der Waals surface area contributed by atoms with Crippen molar-refractivity contribution in [2.75, 3.05) is 0 Å². The second kappa shape index (κ2) is 7.95. The average Bonchev–Trinajstić information content (AvgIpc) is 2.61. The number of aromatic carboxylic acids is 1. The Balaban J connectivity index is 1.87. The first-order valence-corrected chi connectivity index (χ1v) is 9.52. The van der Waals surface area contributed by atoms with Crippen LogP contribution in [0.3, 0.4) is 0 Å². The van der Waals surface area contributed by atoms with Crippen molar-refractivity contribution in [3.63, 3.8) is 0 Å². The molecular formula is C19H21FN2O2S. The van der Waals surface area contributed by atoms with Crippen molar-refractivity contribution in [2.45, 2.75) is 55.7 Å². The lowest BCUT2D eigenvalue weighted by molar-refractivity contribution is 0.0690. The normalized spacial score (nSPS) is 15.3. The fourth-order valence-corrected chi connectivity index (χ4v) is 4.23. The van der Waals surface area contributed by atoms with Crippen LogP contribution in [0, 0.1) is 12.7 Å². The minimum atomic E-state index is -1.01. The van der Waals surface area contributed by atoms with E-state index in [9.17, 15) is 14.3 Å². The molecule has 0 amide bonds. The second-order valence-corrected chi connectivity index (χ2v) is 7.37. The monoisotopic (exact) mass is 360 g/mol. The molecule has 0 unspecified atom stereocenters. The van der Waals surface area contributed by atoms with E-state index in [0.717, 1.165) is 24.2 Å². The summed E-state index contributed by atoms with van der Waals surface area (Å²) in [5.74, 6) is 0.345. The Bertz CT molecular complexity index is 759. The summed E-state index contributed by atoms with van der Waals surface area (Å²) in [6.45, 7) is 1.74. The van der Waals surface area contributed by atoms with Crippen molar-refractivity contribution in [1.29, 1.82) is 0 Å². The summed E-state index contributed by atoms with van der Waals surface area (Å²) in [5.41, 5.74) is 1.62. The number of hydrogen-bond donors (Lipinski definition) is 1. The summed E-state index contributed by atoms with van der Waals surface area (Å²) < 4.78 is 13.0. The highest BCUT2D eigenvalue weighted by Crippen LogP contribution is 2.33. The number of nitrogens with zero attached hydrogens (tertiary/aromatic N) is 2. The first kappa shape index (κ1) is 17.9. The van der Waals surface area contributed by atoms with Gasteiger partial charge in [-0.1, -0.05) is 31.4 Å². The number of benzene rings is 1. The molecule has 0 aliphatic heterocycles. The highest BCUT2D eigenvalue weighted by molar-refractivity contribution is 7.98. The van der Waals surface area contributed by atoms with Gasteiger partial charge in [0.05, 0.1) is 5.69 Å². The molecule has 0 atom stereocenters. The van der Waals surface area contributed by atoms with Gasteiger partial charge in [-0.25, -0.2) is 19.2 Å². The number of halogens is 1. The second-order valence-electron chi connectivity index (χ2n) is 6.40. The Morgan fingerprint density at radius 1 is 1.20 bits per heavy atom. The van der Waals surface area contributed by atoms with Crippen molar-refractivity contribution in [3.8, 4) is 0 Å². The molecule has 1 aliphatic carbocycles. The highest BCUT2D eigenvalue weighted by atomic mass is 32.2. The topological polar surface area (TPSA) is 63.1 Å². The van der Waals surface area contributed by atoms with E-state index in [2.05, 4.69) is 9.97 Å². The van der Waals surface area contributed by atoms with Gasteiger partial charge in [0.25, 0.3) is 0 Å². The lowest BCUT2D eigenvalue weighted by atomic mass is 9.88. The van der Waals surface area contributed by atoms with Crippen LogP contribution in [-0.2, 0) is 5.75 Å². The van der Waals surface area contributed by atoms with Gasteiger partial charge >= 0.3 is 5.97 Å². The van der Waals surface area contributed by atoms with Gasteiger partial charge in [-0.2, -0.15) is 0 Å². The molecule has 6 heteroatoms. The number of carboxylic acids is 1. The lowest BCUT2D eigenvalue weighted by Crippen LogP contribution is -2.14. The minimum Gasteiger partial charge on any atom is -0.478 e. The standard InChI is InChI=1S/C19H21FN2O2S/c1-12-16(19(23)24)18(25-11-13-7-9-15(20)10-8-13)22-17(21-12)14-5-3-2-4-6-14/h7-10,14H,2-6,11H2,1H3,(H,23,24). The van der Waals surface area contributed by atoms with Crippen LogP contribution in [0.25, 0.3) is 0 Å². The van der Waals surface area contributed by atoms with Crippen molar-refractivity contribution in [2.24, 2.45) is 0 Å². The number of aromatic nitrogens is 2. The van der Waals surface area contributed by atoms with Gasteiger partial charge in [-0.15, -0.1) is 11.8 Å². The summed E-state index contributed by atoms with van der Waals surface area (Å²) in [4.78, 5) is 20.7. The van der Waals surface area contributed by atoms with Crippen LogP contribution in [0.4, 0.5) is 4.39 Å². The van der Waals surface area contributed by atoms with E-state index >= 15 is 0 Å². The number of aryl methyl sites for hydroxylation is 1. The number of thioether (sulfide) groups is 1. The molecule has 1 N–H and O–H groups in total. The molecule has 1 fully saturated rings. The Hall–Kier alpha value is -1.95. The molecule has 132 valence electrons. The summed E-state index contributed by atoms with van der Waals surface area (Å²) in [6, 6.07) is 6.23. The summed E-state index contributed by atoms with van der Waals surface area (Å²) in [7, 11) is 0. The maximum atomic E-state index is 13.0. The molecule has 3 rings (SSSR count). The molecule has 0 bridgehead atoms. The van der Waals surface area contributed by atoms with Crippen LogP contribution in [0.1, 0.15) is 65.5 Å². The first-order chi connectivity index (χ1) is 12.0. The van der Waals surface area contributed by atoms with Gasteiger partial charge in [0.2, 0.25) is 0 Å². The fraction of sp³-hybridized carbons (Fsp3) is 0.421. The molecule has 1 aromatic carbocycles. The highest BCUT2D eigenvalue weighted by Gasteiger charge is 2.23. The zero-order chi connectivity index (χ0) is 17.8. The minimum absolute atomic E-state index is 0.173. The molecule has 25 heavy (non-hydrogen) atoms. The molecule has 0 radical (unpaired) electrons. The largest absolute Gasteiger partial charge is 0.478 e. The SMILES string of the molecule is Cc1nc(C2CCCCC2)nc(SCc2ccc(F)cc2)c1C(=O)O. The van der Waals surface area contributed by atoms with E-state index in [0.29, 0.717) is 22.4 Å². The average molecular weight is 360 g/mol. The molecule has 4 nitrogen and oxygen atoms in total. The van der Waals surface area contributed by atoms with Crippen molar-refractivity contribution in [1.82, 2.24) is 9.97 Å². The third-order valence-corrected chi connectivity index (χ3v) is 5.59. The van der Waals surface area contributed by atoms with Gasteiger partial charge in [0.15, 0.2) is 0 Å². The number of rotatable bonds is 5. The number of carboxylic acid groups (broad SMARTS) is 1. The van der Waals surface area contributed by atoms with Gasteiger partial charge < -0.3 is 5.11 Å². The van der Waals surface area contributed by atoms with Crippen LogP contribution >= 0.6 is 11.8 Å². The van der Waals surface area contributed by atoms with E-state index < -0.39 is 5.97 Å². The maximum Gasteiger partial charge on any atom is 0.340 e. The van der Waals surface area contributed by atoms with E-state index in [1.54, 1.807) is 19.1 Å². The molecule has 1 heterocycles. The van der Waals surface area contributed by atoms with E-state index in [-0.39, 0.29) is 11.4 Å². The molecule has 1 aromatic heterocycles. The Morgan fingerprint density at radius 3 is 2.52 bits per heavy atom. The van der Waals surface area contributed by atoms with Crippen molar-refractivity contribution < 1.29 is 14.3 Å². The molecular weight excluding hydrogens is 339 g/mol. The van der Waals surface area contributed by atoms with Crippen molar-refractivity contribution in [3.05, 3.63) is 52.7 Å². The van der Waals surface area contributed by atoms with Crippen molar-refractivity contribution >= 4 is 17.7 Å². The summed E-state index contributed by atoms with van der Waals surface area (Å²) in [5, 5.41) is 10.0. The predicted molar refractivity (Wildman–Crippen MR) is 95.5 cm³/mol. The van der Waals surface area contributed by atoms with E-state index in [1.807, 2.05) is 0 Å². The van der Waals surface area contributed by atoms with Gasteiger partial charge in [-0.05, 0) is 37.5 Å². The van der Waals surface area contributed by atoms with E-state index in [1.165, 1.54) is 43.2 Å². The molecule has 1 saturated carbocycles. The fourth-order valence-electron chi connectivity index (χ4n) is 3.19. The smallest absolute Gasteiger partial charge is 0.340 e. The molecule has 2 aromatic rings. The van der Waals surface area contributed by atoms with Gasteiger partial charge in [-0.3, -0.25) is 0 Å². The van der Waals surface area contributed by atoms with Crippen LogP contribution < -0.4 is 0 Å². The zero-order valence-electron chi connectivity index (χ0n) is 14.2. The maximum absolute atomic E-state index is 13.0. The summed E-state index contributed by atoms with van der Waals surface area (Å²) in [6.07, 6.45) is 5.72. The summed E-state index contributed by atoms with van der Waals surface area (Å²) >= 11 is 1.37. The van der Waals surface area contributed by atoms with E-state index in [4.69, 9.17) is 0 Å². The van der Waals surface area contributed by atoms with Crippen LogP contribution in [0.5, 0.6) is 0 Å². The zero-order valence-corrected chi connectivity index (χ0v) is 15.0. The Labute approximate surface area is 150 Å². The van der Waals surface area contributed by atoms with Gasteiger partial charge in [0, 0.05) is 11.7 Å². The quantitative estimate of drug-likeness (QED) is 0.603. The third-order valence-electron chi connectivity index (χ3n) is 4.55. The first-order valence-electron chi connectivity index (χ1n) is 8.53. The number of hydrogen-bond acceptors (Lipinski definition) is 4. The van der Waals surface area contributed by atoms with Gasteiger partial charge in [0.1, 0.15) is 22.2 Å². The Kier molecular flexibility index (Phi) is 5.68. The lowest BCUT2D eigenvalue weighted by Gasteiger charge is -2.21. The molecule has 1 aliphatic rings. The Morgan fingerprint density at radius 2 is 1.88 bits per heavy atom. The van der Waals surface area contributed by atoms with Crippen LogP contribution in [0.15, 0.2) is 29.3 Å². The third kappa shape index (κ3) is 4.37. The van der Waals surface area contributed by atoms with Crippen LogP contribution in [0.2, 0.25) is 0 Å². The number of carbonyl (C=O) groups is 1. The predicted octanol–water partition coefficient (Wildman–Crippen LogP) is 4.96. The molecule has 0 saturated heterocycles. The van der Waals surface area contributed by atoms with Crippen LogP contribution in [-0.4, -0.2) is 21.0 Å².